The van der Waals surface area contributed by atoms with Crippen LogP contribution in [-0.4, -0.2) is 50.8 Å². The molecule has 1 fully saturated rings. The molecule has 1 aromatic heterocycles. The topological polar surface area (TPSA) is 60.0 Å². The summed E-state index contributed by atoms with van der Waals surface area (Å²) in [6, 6.07) is 17.7. The third-order valence-corrected chi connectivity index (χ3v) is 7.09. The summed E-state index contributed by atoms with van der Waals surface area (Å²) >= 11 is 5.26. The second-order valence-electron chi connectivity index (χ2n) is 7.65. The number of amides is 1. The molecule has 1 atom stereocenters. The largest absolute Gasteiger partial charge is 0.493 e. The van der Waals surface area contributed by atoms with Crippen molar-refractivity contribution in [3.05, 3.63) is 80.5 Å². The number of hydrogen-bond donors (Lipinski definition) is 1. The summed E-state index contributed by atoms with van der Waals surface area (Å²) < 4.78 is 17.7. The summed E-state index contributed by atoms with van der Waals surface area (Å²) in [5.74, 6) is 0.926. The van der Waals surface area contributed by atoms with Crippen molar-refractivity contribution in [1.82, 2.24) is 10.2 Å². The maximum Gasteiger partial charge on any atom is 0.251 e. The average Bonchev–Trinajstić information content (AvgIpc) is 3.39. The van der Waals surface area contributed by atoms with E-state index in [0.717, 1.165) is 18.7 Å². The molecule has 1 amide bonds. The van der Waals surface area contributed by atoms with Gasteiger partial charge in [-0.2, -0.15) is 0 Å². The zero-order valence-electron chi connectivity index (χ0n) is 18.5. The molecule has 2 heterocycles. The lowest BCUT2D eigenvalue weighted by Crippen LogP contribution is -2.43. The minimum absolute atomic E-state index is 0.122. The van der Waals surface area contributed by atoms with E-state index in [4.69, 9.17) is 14.2 Å². The number of halogens is 1. The van der Waals surface area contributed by atoms with Gasteiger partial charge in [-0.05, 0) is 45.1 Å². The minimum atomic E-state index is -0.154. The van der Waals surface area contributed by atoms with Crippen molar-refractivity contribution in [1.29, 1.82) is 0 Å². The SMILES string of the molecule is COc1cc(C(=O)NCC(c2cccs2)N2CCOCC2)cc(Br)c1OCc1ccccc1. The van der Waals surface area contributed by atoms with E-state index >= 15 is 0 Å². The van der Waals surface area contributed by atoms with E-state index in [-0.39, 0.29) is 11.9 Å². The van der Waals surface area contributed by atoms with Crippen LogP contribution in [0.2, 0.25) is 0 Å². The molecule has 6 nitrogen and oxygen atoms in total. The highest BCUT2D eigenvalue weighted by atomic mass is 79.9. The number of thiophene rings is 1. The molecular formula is C25H27BrN2O4S. The molecule has 2 aromatic carbocycles. The molecule has 0 aliphatic carbocycles. The van der Waals surface area contributed by atoms with Gasteiger partial charge >= 0.3 is 0 Å². The molecule has 0 spiro atoms. The first-order chi connectivity index (χ1) is 16.2. The predicted octanol–water partition coefficient (Wildman–Crippen LogP) is 4.90. The first-order valence-electron chi connectivity index (χ1n) is 10.8. The van der Waals surface area contributed by atoms with Gasteiger partial charge < -0.3 is 19.5 Å². The van der Waals surface area contributed by atoms with E-state index in [1.54, 1.807) is 30.6 Å². The number of hydrogen-bond acceptors (Lipinski definition) is 6. The van der Waals surface area contributed by atoms with Gasteiger partial charge in [0.2, 0.25) is 0 Å². The van der Waals surface area contributed by atoms with Gasteiger partial charge in [0.15, 0.2) is 11.5 Å². The second kappa shape index (κ2) is 11.7. The van der Waals surface area contributed by atoms with Crippen LogP contribution in [0.3, 0.4) is 0 Å². The highest BCUT2D eigenvalue weighted by Crippen LogP contribution is 2.37. The van der Waals surface area contributed by atoms with Crippen molar-refractivity contribution >= 4 is 33.2 Å². The molecule has 1 aliphatic rings. The number of carbonyl (C=O) groups excluding carboxylic acids is 1. The van der Waals surface area contributed by atoms with Gasteiger partial charge in [0.25, 0.3) is 5.91 Å². The molecule has 0 radical (unpaired) electrons. The number of carbonyl (C=O) groups is 1. The van der Waals surface area contributed by atoms with E-state index in [1.165, 1.54) is 4.88 Å². The third kappa shape index (κ3) is 6.14. The third-order valence-electron chi connectivity index (χ3n) is 5.53. The maximum absolute atomic E-state index is 13.0. The number of methoxy groups -OCH3 is 1. The predicted molar refractivity (Wildman–Crippen MR) is 133 cm³/mol. The van der Waals surface area contributed by atoms with Crippen LogP contribution in [0.1, 0.15) is 26.8 Å². The zero-order chi connectivity index (χ0) is 23.0. The van der Waals surface area contributed by atoms with Crippen LogP contribution < -0.4 is 14.8 Å². The molecule has 0 saturated carbocycles. The first kappa shape index (κ1) is 23.8. The van der Waals surface area contributed by atoms with E-state index in [1.807, 2.05) is 36.4 Å². The maximum atomic E-state index is 13.0. The Labute approximate surface area is 206 Å². The van der Waals surface area contributed by atoms with E-state index < -0.39 is 0 Å². The lowest BCUT2D eigenvalue weighted by Gasteiger charge is -2.34. The fraction of sp³-hybridized carbons (Fsp3) is 0.320. The summed E-state index contributed by atoms with van der Waals surface area (Å²) in [5.41, 5.74) is 1.56. The lowest BCUT2D eigenvalue weighted by molar-refractivity contribution is 0.0169. The lowest BCUT2D eigenvalue weighted by atomic mass is 10.1. The zero-order valence-corrected chi connectivity index (χ0v) is 20.9. The Kier molecular flexibility index (Phi) is 8.39. The van der Waals surface area contributed by atoms with Crippen LogP contribution in [0.5, 0.6) is 11.5 Å². The van der Waals surface area contributed by atoms with Crippen LogP contribution in [0.25, 0.3) is 0 Å². The molecule has 1 unspecified atom stereocenters. The summed E-state index contributed by atoms with van der Waals surface area (Å²) in [6.45, 7) is 4.06. The quantitative estimate of drug-likeness (QED) is 0.426. The van der Waals surface area contributed by atoms with E-state index in [2.05, 4.69) is 37.6 Å². The Morgan fingerprint density at radius 3 is 2.67 bits per heavy atom. The highest BCUT2D eigenvalue weighted by molar-refractivity contribution is 9.10. The highest BCUT2D eigenvalue weighted by Gasteiger charge is 2.24. The molecule has 174 valence electrons. The van der Waals surface area contributed by atoms with Crippen LogP contribution >= 0.6 is 27.3 Å². The van der Waals surface area contributed by atoms with E-state index in [0.29, 0.717) is 47.9 Å². The minimum Gasteiger partial charge on any atom is -0.493 e. The van der Waals surface area contributed by atoms with Gasteiger partial charge in [0, 0.05) is 30.1 Å². The Balaban J connectivity index is 1.45. The van der Waals surface area contributed by atoms with Crippen molar-refractivity contribution in [3.8, 4) is 11.5 Å². The molecule has 3 aromatic rings. The van der Waals surface area contributed by atoms with Crippen LogP contribution in [-0.2, 0) is 11.3 Å². The van der Waals surface area contributed by atoms with E-state index in [9.17, 15) is 4.79 Å². The standard InChI is InChI=1S/C25H27BrN2O4S/c1-30-22-15-19(14-20(26)24(22)32-17-18-6-3-2-4-7-18)25(29)27-16-21(23-8-5-13-33-23)28-9-11-31-12-10-28/h2-8,13-15,21H,9-12,16-17H2,1H3,(H,27,29). The molecule has 8 heteroatoms. The number of nitrogens with zero attached hydrogens (tertiary/aromatic N) is 1. The monoisotopic (exact) mass is 530 g/mol. The van der Waals surface area contributed by atoms with Crippen LogP contribution in [0, 0.1) is 0 Å². The van der Waals surface area contributed by atoms with Gasteiger partial charge in [-0.15, -0.1) is 11.3 Å². The van der Waals surface area contributed by atoms with Crippen molar-refractivity contribution in [2.45, 2.75) is 12.6 Å². The van der Waals surface area contributed by atoms with Gasteiger partial charge in [-0.1, -0.05) is 36.4 Å². The fourth-order valence-electron chi connectivity index (χ4n) is 3.79. The number of morpholine rings is 1. The molecule has 4 rings (SSSR count). The number of nitrogens with one attached hydrogen (secondary N) is 1. The van der Waals surface area contributed by atoms with Crippen molar-refractivity contribution in [3.63, 3.8) is 0 Å². The smallest absolute Gasteiger partial charge is 0.251 e. The number of rotatable bonds is 9. The summed E-state index contributed by atoms with van der Waals surface area (Å²) in [6.07, 6.45) is 0. The number of benzene rings is 2. The Morgan fingerprint density at radius 2 is 1.97 bits per heavy atom. The molecule has 33 heavy (non-hydrogen) atoms. The summed E-state index contributed by atoms with van der Waals surface area (Å²) in [7, 11) is 1.57. The molecule has 1 N–H and O–H groups in total. The molecule has 0 bridgehead atoms. The molecule has 1 saturated heterocycles. The van der Waals surface area contributed by atoms with Gasteiger partial charge in [-0.25, -0.2) is 0 Å². The second-order valence-corrected chi connectivity index (χ2v) is 9.49. The molecule has 1 aliphatic heterocycles. The normalized spacial score (nSPS) is 15.1. The Morgan fingerprint density at radius 1 is 1.18 bits per heavy atom. The summed E-state index contributed by atoms with van der Waals surface area (Å²) in [4.78, 5) is 16.6. The van der Waals surface area contributed by atoms with Gasteiger partial charge in [-0.3, -0.25) is 9.69 Å². The first-order valence-corrected chi connectivity index (χ1v) is 12.5. The van der Waals surface area contributed by atoms with Crippen LogP contribution in [0.15, 0.2) is 64.5 Å². The summed E-state index contributed by atoms with van der Waals surface area (Å²) in [5, 5.41) is 5.18. The van der Waals surface area contributed by atoms with Gasteiger partial charge in [0.1, 0.15) is 6.61 Å². The fourth-order valence-corrected chi connectivity index (χ4v) is 5.21. The Hall–Kier alpha value is -2.39. The average molecular weight is 531 g/mol. The number of ether oxygens (including phenoxy) is 3. The Bertz CT molecular complexity index is 1040. The van der Waals surface area contributed by atoms with Crippen molar-refractivity contribution in [2.24, 2.45) is 0 Å². The van der Waals surface area contributed by atoms with Crippen molar-refractivity contribution < 1.29 is 19.0 Å². The van der Waals surface area contributed by atoms with Crippen LogP contribution in [0.4, 0.5) is 0 Å². The molecular weight excluding hydrogens is 504 g/mol. The van der Waals surface area contributed by atoms with Crippen molar-refractivity contribution in [2.75, 3.05) is 40.0 Å². The van der Waals surface area contributed by atoms with Gasteiger partial charge in [0.05, 0.1) is 30.8 Å².